The molecule has 26 heavy (non-hydrogen) atoms. The minimum absolute atomic E-state index is 0.111. The number of nitrogens with zero attached hydrogens (tertiary/aromatic N) is 6. The van der Waals surface area contributed by atoms with Crippen molar-refractivity contribution in [1.82, 2.24) is 35.1 Å². The molecule has 3 rings (SSSR count). The van der Waals surface area contributed by atoms with Crippen LogP contribution >= 0.6 is 0 Å². The van der Waals surface area contributed by atoms with Gasteiger partial charge in [0.15, 0.2) is 0 Å². The zero-order valence-electron chi connectivity index (χ0n) is 14.1. The molecule has 0 saturated heterocycles. The second kappa shape index (κ2) is 6.73. The Morgan fingerprint density at radius 3 is 2.73 bits per heavy atom. The summed E-state index contributed by atoms with van der Waals surface area (Å²) in [4.78, 5) is 16.1. The van der Waals surface area contributed by atoms with Gasteiger partial charge in [-0.05, 0) is 35.5 Å². The summed E-state index contributed by atoms with van der Waals surface area (Å²) >= 11 is 0. The fourth-order valence-corrected chi connectivity index (χ4v) is 2.51. The first-order valence-electron chi connectivity index (χ1n) is 7.77. The van der Waals surface area contributed by atoms with Crippen LogP contribution < -0.4 is 5.32 Å². The van der Waals surface area contributed by atoms with E-state index in [0.29, 0.717) is 23.7 Å². The summed E-state index contributed by atoms with van der Waals surface area (Å²) in [6, 6.07) is 3.39. The van der Waals surface area contributed by atoms with Crippen LogP contribution in [0.25, 0.3) is 11.0 Å². The molecule has 0 fully saturated rings. The van der Waals surface area contributed by atoms with Gasteiger partial charge in [0.25, 0.3) is 0 Å². The number of tetrazole rings is 1. The summed E-state index contributed by atoms with van der Waals surface area (Å²) in [5.41, 5.74) is 0.0398. The number of hydrogen-bond acceptors (Lipinski definition) is 5. The molecule has 2 heterocycles. The number of fused-ring (bicyclic) bond motifs is 1. The summed E-state index contributed by atoms with van der Waals surface area (Å²) in [7, 11) is 1.69. The predicted octanol–water partition coefficient (Wildman–Crippen LogP) is 1.59. The smallest absolute Gasteiger partial charge is 0.349 e. The van der Waals surface area contributed by atoms with Gasteiger partial charge in [0.1, 0.15) is 11.6 Å². The molecule has 0 radical (unpaired) electrons. The van der Waals surface area contributed by atoms with Crippen molar-refractivity contribution in [3.05, 3.63) is 35.4 Å². The number of carbonyl (C=O) groups excluding carboxylic acids is 1. The van der Waals surface area contributed by atoms with Gasteiger partial charge >= 0.3 is 6.18 Å². The molecule has 0 aliphatic rings. The molecule has 2 aromatic heterocycles. The van der Waals surface area contributed by atoms with E-state index in [1.54, 1.807) is 18.5 Å². The summed E-state index contributed by atoms with van der Waals surface area (Å²) in [5.74, 6) is 0.836. The van der Waals surface area contributed by atoms with Gasteiger partial charge in [0.2, 0.25) is 5.91 Å². The highest BCUT2D eigenvalue weighted by Gasteiger charge is 2.31. The molecule has 0 aliphatic carbocycles. The summed E-state index contributed by atoms with van der Waals surface area (Å²) < 4.78 is 41.6. The maximum Gasteiger partial charge on any atom is 0.416 e. The number of nitrogens with one attached hydrogen (secondary N) is 1. The minimum Gasteiger partial charge on any atom is -0.349 e. The number of hydrogen-bond donors (Lipinski definition) is 1. The van der Waals surface area contributed by atoms with E-state index in [2.05, 4.69) is 25.8 Å². The van der Waals surface area contributed by atoms with Crippen molar-refractivity contribution in [2.75, 3.05) is 0 Å². The lowest BCUT2D eigenvalue weighted by Crippen LogP contribution is -2.25. The number of halogens is 3. The Bertz CT molecular complexity index is 945. The maximum atomic E-state index is 12.8. The molecule has 1 aromatic carbocycles. The molecule has 0 saturated carbocycles. The van der Waals surface area contributed by atoms with Gasteiger partial charge in [-0.2, -0.15) is 13.2 Å². The van der Waals surface area contributed by atoms with E-state index in [-0.39, 0.29) is 24.4 Å². The van der Waals surface area contributed by atoms with Crippen molar-refractivity contribution >= 4 is 16.9 Å². The number of aryl methyl sites for hydroxylation is 3. The Morgan fingerprint density at radius 2 is 2.08 bits per heavy atom. The van der Waals surface area contributed by atoms with Gasteiger partial charge in [0, 0.05) is 13.5 Å². The molecule has 8 nitrogen and oxygen atoms in total. The molecule has 138 valence electrons. The molecule has 0 aliphatic heterocycles. The molecule has 3 aromatic rings. The van der Waals surface area contributed by atoms with Crippen molar-refractivity contribution in [1.29, 1.82) is 0 Å². The van der Waals surface area contributed by atoms with Gasteiger partial charge in [-0.25, -0.2) is 9.67 Å². The van der Waals surface area contributed by atoms with Crippen molar-refractivity contribution in [2.45, 2.75) is 32.6 Å². The highest BCUT2D eigenvalue weighted by atomic mass is 19.4. The second-order valence-electron chi connectivity index (χ2n) is 5.76. The topological polar surface area (TPSA) is 90.5 Å². The first-order chi connectivity index (χ1) is 12.3. The number of alkyl halides is 3. The summed E-state index contributed by atoms with van der Waals surface area (Å²) in [6.45, 7) is 2.18. The van der Waals surface area contributed by atoms with Crippen LogP contribution in [0.3, 0.4) is 0 Å². The van der Waals surface area contributed by atoms with Crippen LogP contribution in [-0.4, -0.2) is 35.7 Å². The SMILES string of the molecule is Cc1nnnn1CCC(=O)NCc1nc2cc(C(F)(F)F)ccc2n1C. The number of aromatic nitrogens is 6. The number of amides is 1. The molecular weight excluding hydrogens is 351 g/mol. The Labute approximate surface area is 146 Å². The van der Waals surface area contributed by atoms with Gasteiger partial charge in [-0.3, -0.25) is 4.79 Å². The second-order valence-corrected chi connectivity index (χ2v) is 5.76. The van der Waals surface area contributed by atoms with Crippen molar-refractivity contribution in [3.63, 3.8) is 0 Å². The first kappa shape index (κ1) is 17.8. The highest BCUT2D eigenvalue weighted by molar-refractivity contribution is 5.78. The van der Waals surface area contributed by atoms with Crippen molar-refractivity contribution in [3.8, 4) is 0 Å². The molecule has 0 spiro atoms. The zero-order valence-corrected chi connectivity index (χ0v) is 14.1. The predicted molar refractivity (Wildman–Crippen MR) is 84.7 cm³/mol. The van der Waals surface area contributed by atoms with Gasteiger partial charge in [0.05, 0.1) is 29.7 Å². The third-order valence-electron chi connectivity index (χ3n) is 4.01. The molecule has 0 unspecified atom stereocenters. The van der Waals surface area contributed by atoms with E-state index in [0.717, 1.165) is 12.1 Å². The normalized spacial score (nSPS) is 11.9. The summed E-state index contributed by atoms with van der Waals surface area (Å²) in [5, 5.41) is 13.7. The Morgan fingerprint density at radius 1 is 1.31 bits per heavy atom. The van der Waals surface area contributed by atoms with Crippen LogP contribution in [0.15, 0.2) is 18.2 Å². The molecule has 1 N–H and O–H groups in total. The van der Waals surface area contributed by atoms with Crippen LogP contribution in [0.2, 0.25) is 0 Å². The molecular formula is C15H16F3N7O. The van der Waals surface area contributed by atoms with Crippen LogP contribution in [0.1, 0.15) is 23.6 Å². The lowest BCUT2D eigenvalue weighted by molar-refractivity contribution is -0.137. The lowest BCUT2D eigenvalue weighted by atomic mass is 10.2. The largest absolute Gasteiger partial charge is 0.416 e. The van der Waals surface area contributed by atoms with Crippen LogP contribution in [0.4, 0.5) is 13.2 Å². The number of carbonyl (C=O) groups is 1. The first-order valence-corrected chi connectivity index (χ1v) is 7.77. The third kappa shape index (κ3) is 3.65. The minimum atomic E-state index is -4.42. The Balaban J connectivity index is 1.66. The van der Waals surface area contributed by atoms with E-state index in [1.807, 2.05) is 0 Å². The quantitative estimate of drug-likeness (QED) is 0.740. The standard InChI is InChI=1S/C15H16F3N7O/c1-9-21-22-23-25(9)6-5-14(26)19-8-13-20-11-7-10(15(16,17)18)3-4-12(11)24(13)2/h3-4,7H,5-6,8H2,1-2H3,(H,19,26). The molecule has 11 heteroatoms. The molecule has 0 atom stereocenters. The van der Waals surface area contributed by atoms with Gasteiger partial charge < -0.3 is 9.88 Å². The van der Waals surface area contributed by atoms with Gasteiger partial charge in [-0.15, -0.1) is 5.10 Å². The van der Waals surface area contributed by atoms with E-state index in [1.165, 1.54) is 10.7 Å². The van der Waals surface area contributed by atoms with E-state index in [4.69, 9.17) is 0 Å². The Kier molecular flexibility index (Phi) is 4.62. The third-order valence-corrected chi connectivity index (χ3v) is 4.01. The Hall–Kier alpha value is -2.98. The average molecular weight is 367 g/mol. The van der Waals surface area contributed by atoms with E-state index >= 15 is 0 Å². The van der Waals surface area contributed by atoms with Crippen LogP contribution in [0, 0.1) is 6.92 Å². The fourth-order valence-electron chi connectivity index (χ4n) is 2.51. The van der Waals surface area contributed by atoms with Crippen molar-refractivity contribution in [2.24, 2.45) is 7.05 Å². The average Bonchev–Trinajstić information content (AvgIpc) is 3.13. The maximum absolute atomic E-state index is 12.8. The van der Waals surface area contributed by atoms with Crippen LogP contribution in [-0.2, 0) is 31.1 Å². The van der Waals surface area contributed by atoms with Crippen LogP contribution in [0.5, 0.6) is 0 Å². The number of imidazole rings is 1. The lowest BCUT2D eigenvalue weighted by Gasteiger charge is -2.06. The summed E-state index contributed by atoms with van der Waals surface area (Å²) in [6.07, 6.45) is -4.25. The molecule has 1 amide bonds. The monoisotopic (exact) mass is 367 g/mol. The number of benzene rings is 1. The van der Waals surface area contributed by atoms with Crippen molar-refractivity contribution < 1.29 is 18.0 Å². The highest BCUT2D eigenvalue weighted by Crippen LogP contribution is 2.31. The van der Waals surface area contributed by atoms with E-state index in [9.17, 15) is 18.0 Å². The van der Waals surface area contributed by atoms with E-state index < -0.39 is 11.7 Å². The fraction of sp³-hybridized carbons (Fsp3) is 0.400. The van der Waals surface area contributed by atoms with Gasteiger partial charge in [-0.1, -0.05) is 0 Å². The molecule has 0 bridgehead atoms. The number of rotatable bonds is 5. The zero-order chi connectivity index (χ0) is 18.9.